The first-order valence-electron chi connectivity index (χ1n) is 8.64. The Morgan fingerprint density at radius 3 is 2.76 bits per heavy atom. The number of carbonyl (C=O) groups is 2. The van der Waals surface area contributed by atoms with Crippen molar-refractivity contribution < 1.29 is 23.5 Å². The molecule has 0 amide bonds. The molecule has 1 aliphatic carbocycles. The molecule has 0 radical (unpaired) electrons. The van der Waals surface area contributed by atoms with Crippen LogP contribution in [0.5, 0.6) is 0 Å². The Labute approximate surface area is 162 Å². The molecule has 0 aromatic carbocycles. The van der Waals surface area contributed by atoms with Crippen molar-refractivity contribution in [1.29, 1.82) is 0 Å². The molecule has 1 aliphatic rings. The molecule has 6 heteroatoms. The number of hydrogen-bond donors (Lipinski definition) is 0. The summed E-state index contributed by atoms with van der Waals surface area (Å²) in [6, 6.07) is 3.54. The van der Waals surface area contributed by atoms with Gasteiger partial charge >= 0.3 is 11.9 Å². The second-order valence-corrected chi connectivity index (χ2v) is 8.00. The normalized spacial score (nSPS) is 23.8. The molecule has 2 rings (SSSR count). The minimum absolute atomic E-state index is 0.0873. The highest BCUT2D eigenvalue weighted by molar-refractivity contribution is 14.1. The summed E-state index contributed by atoms with van der Waals surface area (Å²) in [6.45, 7) is 6.12. The van der Waals surface area contributed by atoms with Crippen LogP contribution in [0, 0.1) is 21.5 Å². The van der Waals surface area contributed by atoms with Crippen molar-refractivity contribution in [2.24, 2.45) is 17.8 Å². The van der Waals surface area contributed by atoms with Crippen molar-refractivity contribution in [2.75, 3.05) is 6.61 Å². The van der Waals surface area contributed by atoms with E-state index in [1.807, 2.05) is 22.6 Å². The molecule has 0 aliphatic heterocycles. The Morgan fingerprint density at radius 1 is 1.36 bits per heavy atom. The molecule has 138 valence electrons. The van der Waals surface area contributed by atoms with Crippen molar-refractivity contribution in [3.05, 3.63) is 27.7 Å². The smallest absolute Gasteiger partial charge is 0.344 e. The molecule has 3 unspecified atom stereocenters. The number of halogens is 1. The van der Waals surface area contributed by atoms with E-state index in [1.165, 1.54) is 18.6 Å². The number of esters is 2. The van der Waals surface area contributed by atoms with Gasteiger partial charge in [0.25, 0.3) is 0 Å². The average molecular weight is 460 g/mol. The summed E-state index contributed by atoms with van der Waals surface area (Å²) in [6.07, 6.45) is 5.77. The average Bonchev–Trinajstić information content (AvgIpc) is 2.96. The van der Waals surface area contributed by atoms with Gasteiger partial charge in [-0.05, 0) is 71.4 Å². The maximum atomic E-state index is 12.0. The first-order chi connectivity index (χ1) is 11.8. The third-order valence-electron chi connectivity index (χ3n) is 4.55. The van der Waals surface area contributed by atoms with Gasteiger partial charge in [-0.15, -0.1) is 0 Å². The maximum absolute atomic E-state index is 12.0. The van der Waals surface area contributed by atoms with Gasteiger partial charge in [0.1, 0.15) is 11.9 Å². The topological polar surface area (TPSA) is 65.7 Å². The third-order valence-corrected chi connectivity index (χ3v) is 5.13. The number of furan rings is 1. The summed E-state index contributed by atoms with van der Waals surface area (Å²) in [7, 11) is 0. The van der Waals surface area contributed by atoms with Crippen LogP contribution >= 0.6 is 22.6 Å². The molecule has 1 aromatic heterocycles. The second-order valence-electron chi connectivity index (χ2n) is 6.94. The summed E-state index contributed by atoms with van der Waals surface area (Å²) in [5, 5.41) is 0. The van der Waals surface area contributed by atoms with Gasteiger partial charge in [0, 0.05) is 6.08 Å². The fourth-order valence-corrected chi connectivity index (χ4v) is 3.63. The van der Waals surface area contributed by atoms with E-state index in [4.69, 9.17) is 13.9 Å². The van der Waals surface area contributed by atoms with Crippen LogP contribution < -0.4 is 0 Å². The standard InChI is InChI=1S/C19H25IO5/c1-12(2)15-7-4-13(3)10-16(15)25-19(22)11-23-18(21)9-6-14-5-8-17(20)24-14/h5-6,8-9,12-13,15-16H,4,7,10-11H2,1-3H3. The largest absolute Gasteiger partial charge is 0.460 e. The SMILES string of the molecule is CC1CCC(C(C)C)C(OC(=O)COC(=O)C=Cc2ccc(I)o2)C1. The zero-order valence-electron chi connectivity index (χ0n) is 14.9. The van der Waals surface area contributed by atoms with E-state index in [2.05, 4.69) is 20.8 Å². The molecule has 0 N–H and O–H groups in total. The van der Waals surface area contributed by atoms with Crippen LogP contribution in [-0.2, 0) is 19.1 Å². The van der Waals surface area contributed by atoms with Gasteiger partial charge in [-0.25, -0.2) is 9.59 Å². The van der Waals surface area contributed by atoms with Crippen molar-refractivity contribution in [1.82, 2.24) is 0 Å². The van der Waals surface area contributed by atoms with E-state index in [1.54, 1.807) is 12.1 Å². The lowest BCUT2D eigenvalue weighted by atomic mass is 9.75. The van der Waals surface area contributed by atoms with Gasteiger partial charge in [0.2, 0.25) is 0 Å². The van der Waals surface area contributed by atoms with Crippen LogP contribution in [0.3, 0.4) is 0 Å². The molecule has 1 aromatic rings. The minimum Gasteiger partial charge on any atom is -0.460 e. The predicted molar refractivity (Wildman–Crippen MR) is 103 cm³/mol. The molecule has 5 nitrogen and oxygen atoms in total. The Bertz CT molecular complexity index is 619. The summed E-state index contributed by atoms with van der Waals surface area (Å²) in [4.78, 5) is 23.7. The molecule has 0 bridgehead atoms. The van der Waals surface area contributed by atoms with Gasteiger partial charge in [0.05, 0.1) is 0 Å². The van der Waals surface area contributed by atoms with E-state index in [0.29, 0.717) is 23.5 Å². The van der Waals surface area contributed by atoms with Gasteiger partial charge < -0.3 is 13.9 Å². The third kappa shape index (κ3) is 6.49. The van der Waals surface area contributed by atoms with Gasteiger partial charge in [-0.2, -0.15) is 0 Å². The van der Waals surface area contributed by atoms with Crippen molar-refractivity contribution >= 4 is 40.6 Å². The van der Waals surface area contributed by atoms with Gasteiger partial charge in [-0.1, -0.05) is 27.2 Å². The van der Waals surface area contributed by atoms with Crippen LogP contribution in [-0.4, -0.2) is 24.6 Å². The lowest BCUT2D eigenvalue weighted by molar-refractivity contribution is -0.165. The quantitative estimate of drug-likeness (QED) is 0.357. The Hall–Kier alpha value is -1.31. The second kappa shape index (κ2) is 9.40. The first kappa shape index (κ1) is 20.0. The van der Waals surface area contributed by atoms with Crippen LogP contribution in [0.25, 0.3) is 6.08 Å². The lowest BCUT2D eigenvalue weighted by Crippen LogP contribution is -2.36. The Balaban J connectivity index is 1.79. The zero-order chi connectivity index (χ0) is 18.4. The molecule has 1 fully saturated rings. The fraction of sp³-hybridized carbons (Fsp3) is 0.579. The highest BCUT2D eigenvalue weighted by Crippen LogP contribution is 2.35. The summed E-state index contributed by atoms with van der Waals surface area (Å²) in [5.74, 6) is 0.859. The monoisotopic (exact) mass is 460 g/mol. The van der Waals surface area contributed by atoms with E-state index < -0.39 is 11.9 Å². The Kier molecular flexibility index (Phi) is 7.53. The van der Waals surface area contributed by atoms with Crippen LogP contribution in [0.2, 0.25) is 0 Å². The first-order valence-corrected chi connectivity index (χ1v) is 9.72. The highest BCUT2D eigenvalue weighted by Gasteiger charge is 2.33. The number of rotatable bonds is 6. The van der Waals surface area contributed by atoms with Gasteiger partial charge in [0.15, 0.2) is 10.4 Å². The Morgan fingerprint density at radius 2 is 2.12 bits per heavy atom. The van der Waals surface area contributed by atoms with Crippen LogP contribution in [0.4, 0.5) is 0 Å². The highest BCUT2D eigenvalue weighted by atomic mass is 127. The molecule has 1 heterocycles. The van der Waals surface area contributed by atoms with Gasteiger partial charge in [-0.3, -0.25) is 0 Å². The molecule has 3 atom stereocenters. The van der Waals surface area contributed by atoms with Crippen molar-refractivity contribution in [2.45, 2.75) is 46.1 Å². The molecule has 0 saturated heterocycles. The van der Waals surface area contributed by atoms with E-state index in [0.717, 1.165) is 16.6 Å². The summed E-state index contributed by atoms with van der Waals surface area (Å²) < 4.78 is 16.6. The molecular weight excluding hydrogens is 435 g/mol. The van der Waals surface area contributed by atoms with Crippen LogP contribution in [0.1, 0.15) is 45.8 Å². The lowest BCUT2D eigenvalue weighted by Gasteiger charge is -2.36. The number of carbonyl (C=O) groups excluding carboxylic acids is 2. The zero-order valence-corrected chi connectivity index (χ0v) is 17.0. The maximum Gasteiger partial charge on any atom is 0.344 e. The number of ether oxygens (including phenoxy) is 2. The number of hydrogen-bond acceptors (Lipinski definition) is 5. The molecule has 1 saturated carbocycles. The molecule has 25 heavy (non-hydrogen) atoms. The van der Waals surface area contributed by atoms with Crippen molar-refractivity contribution in [3.63, 3.8) is 0 Å². The molecular formula is C19H25IO5. The van der Waals surface area contributed by atoms with Crippen molar-refractivity contribution in [3.8, 4) is 0 Å². The van der Waals surface area contributed by atoms with E-state index >= 15 is 0 Å². The van der Waals surface area contributed by atoms with E-state index in [9.17, 15) is 9.59 Å². The predicted octanol–water partition coefficient (Wildman–Crippen LogP) is 4.44. The van der Waals surface area contributed by atoms with E-state index in [-0.39, 0.29) is 12.7 Å². The summed E-state index contributed by atoms with van der Waals surface area (Å²) in [5.41, 5.74) is 0. The summed E-state index contributed by atoms with van der Waals surface area (Å²) >= 11 is 2.04. The minimum atomic E-state index is -0.597. The molecule has 0 spiro atoms. The fourth-order valence-electron chi connectivity index (χ4n) is 3.20. The van der Waals surface area contributed by atoms with Crippen LogP contribution in [0.15, 0.2) is 22.6 Å².